The first-order chi connectivity index (χ1) is 14.4. The number of carbonyl (C=O) groups excluding carboxylic acids is 2. The van der Waals surface area contributed by atoms with Gasteiger partial charge in [0, 0.05) is 11.8 Å². The molecule has 1 unspecified atom stereocenters. The summed E-state index contributed by atoms with van der Waals surface area (Å²) in [5.74, 6) is -0.241. The molecule has 0 aliphatic heterocycles. The second kappa shape index (κ2) is 9.33. The molecule has 0 aliphatic rings. The molecule has 0 aromatic heterocycles. The van der Waals surface area contributed by atoms with Crippen LogP contribution in [0.2, 0.25) is 0 Å². The minimum atomic E-state index is -1.16. The molecule has 0 bridgehead atoms. The molecule has 1 N–H and O–H groups in total. The Labute approximate surface area is 172 Å². The summed E-state index contributed by atoms with van der Waals surface area (Å²) in [6.07, 6.45) is -1.16. The quantitative estimate of drug-likeness (QED) is 0.350. The number of nitrogens with one attached hydrogen (secondary N) is 1. The van der Waals surface area contributed by atoms with E-state index in [1.54, 1.807) is 24.3 Å². The monoisotopic (exact) mass is 406 g/mol. The number of nitro groups is 1. The van der Waals surface area contributed by atoms with Crippen LogP contribution in [0.5, 0.6) is 11.5 Å². The van der Waals surface area contributed by atoms with E-state index in [1.165, 1.54) is 31.2 Å². The highest BCUT2D eigenvalue weighted by Gasteiger charge is 2.24. The zero-order chi connectivity index (χ0) is 21.5. The predicted molar refractivity (Wildman–Crippen MR) is 110 cm³/mol. The van der Waals surface area contributed by atoms with Gasteiger partial charge >= 0.3 is 5.97 Å². The normalized spacial score (nSPS) is 11.2. The van der Waals surface area contributed by atoms with Crippen molar-refractivity contribution >= 4 is 23.3 Å². The molecule has 152 valence electrons. The average Bonchev–Trinajstić information content (AvgIpc) is 2.75. The molecule has 30 heavy (non-hydrogen) atoms. The van der Waals surface area contributed by atoms with Gasteiger partial charge in [-0.15, -0.1) is 0 Å². The third kappa shape index (κ3) is 5.20. The molecule has 8 nitrogen and oxygen atoms in total. The molecule has 0 heterocycles. The van der Waals surface area contributed by atoms with E-state index in [-0.39, 0.29) is 11.3 Å². The predicted octanol–water partition coefficient (Wildman–Crippen LogP) is 4.57. The van der Waals surface area contributed by atoms with Gasteiger partial charge in [0.15, 0.2) is 6.10 Å². The Morgan fingerprint density at radius 1 is 0.900 bits per heavy atom. The highest BCUT2D eigenvalue weighted by Crippen LogP contribution is 2.23. The van der Waals surface area contributed by atoms with Gasteiger partial charge < -0.3 is 14.8 Å². The molecule has 1 atom stereocenters. The lowest BCUT2D eigenvalue weighted by molar-refractivity contribution is -0.385. The molecule has 1 amide bonds. The van der Waals surface area contributed by atoms with Crippen molar-refractivity contribution < 1.29 is 24.0 Å². The molecule has 0 radical (unpaired) electrons. The van der Waals surface area contributed by atoms with Crippen molar-refractivity contribution in [1.29, 1.82) is 0 Å². The number of anilines is 1. The number of benzene rings is 3. The number of para-hydroxylation sites is 2. The zero-order valence-corrected chi connectivity index (χ0v) is 16.0. The van der Waals surface area contributed by atoms with Crippen LogP contribution in [0.1, 0.15) is 17.3 Å². The van der Waals surface area contributed by atoms with E-state index in [2.05, 4.69) is 5.32 Å². The molecule has 8 heteroatoms. The minimum Gasteiger partial charge on any atom is -0.457 e. The van der Waals surface area contributed by atoms with E-state index < -0.39 is 22.9 Å². The van der Waals surface area contributed by atoms with Gasteiger partial charge in [-0.3, -0.25) is 14.9 Å². The lowest BCUT2D eigenvalue weighted by Gasteiger charge is -2.14. The van der Waals surface area contributed by atoms with Gasteiger partial charge in [0.25, 0.3) is 11.6 Å². The Morgan fingerprint density at radius 2 is 1.50 bits per heavy atom. The van der Waals surface area contributed by atoms with E-state index >= 15 is 0 Å². The third-order valence-electron chi connectivity index (χ3n) is 4.07. The van der Waals surface area contributed by atoms with E-state index in [0.717, 1.165) is 0 Å². The van der Waals surface area contributed by atoms with Crippen molar-refractivity contribution in [2.24, 2.45) is 0 Å². The van der Waals surface area contributed by atoms with Gasteiger partial charge in [-0.05, 0) is 49.4 Å². The van der Waals surface area contributed by atoms with Crippen LogP contribution < -0.4 is 10.1 Å². The molecule has 0 aliphatic carbocycles. The first-order valence-corrected chi connectivity index (χ1v) is 9.02. The van der Waals surface area contributed by atoms with E-state index in [0.29, 0.717) is 17.2 Å². The van der Waals surface area contributed by atoms with E-state index in [4.69, 9.17) is 9.47 Å². The molecule has 0 spiro atoms. The number of hydrogen-bond acceptors (Lipinski definition) is 6. The number of rotatable bonds is 7. The molecular formula is C22H18N2O6. The number of ether oxygens (including phenoxy) is 2. The van der Waals surface area contributed by atoms with E-state index in [1.807, 2.05) is 30.3 Å². The Bertz CT molecular complexity index is 1050. The van der Waals surface area contributed by atoms with Gasteiger partial charge in [-0.25, -0.2) is 4.79 Å². The lowest BCUT2D eigenvalue weighted by atomic mass is 10.2. The van der Waals surface area contributed by atoms with Crippen molar-refractivity contribution in [2.45, 2.75) is 13.0 Å². The van der Waals surface area contributed by atoms with Crippen molar-refractivity contribution in [3.05, 3.63) is 94.5 Å². The number of carbonyl (C=O) groups is 2. The highest BCUT2D eigenvalue weighted by molar-refractivity contribution is 5.98. The maximum atomic E-state index is 12.3. The summed E-state index contributed by atoms with van der Waals surface area (Å²) in [5.41, 5.74) is -0.123. The van der Waals surface area contributed by atoms with Crippen molar-refractivity contribution in [2.75, 3.05) is 5.32 Å². The van der Waals surface area contributed by atoms with Gasteiger partial charge in [0.1, 0.15) is 17.1 Å². The molecule has 3 rings (SSSR count). The Balaban J connectivity index is 1.59. The number of amides is 1. The van der Waals surface area contributed by atoms with Crippen LogP contribution in [0.15, 0.2) is 78.9 Å². The highest BCUT2D eigenvalue weighted by atomic mass is 16.6. The summed E-state index contributed by atoms with van der Waals surface area (Å²) in [6.45, 7) is 1.38. The molecule has 3 aromatic carbocycles. The second-order valence-electron chi connectivity index (χ2n) is 6.25. The van der Waals surface area contributed by atoms with Crippen LogP contribution in [0, 0.1) is 10.1 Å². The topological polar surface area (TPSA) is 108 Å². The molecule has 0 saturated carbocycles. The standard InChI is InChI=1S/C22H18N2O6/c1-15(29-22(26)19-9-5-6-10-20(19)24(27)28)21(25)23-16-11-13-18(14-12-16)30-17-7-3-2-4-8-17/h2-15H,1H3,(H,23,25). The molecular weight excluding hydrogens is 388 g/mol. The number of esters is 1. The van der Waals surface area contributed by atoms with Gasteiger partial charge in [-0.1, -0.05) is 30.3 Å². The number of hydrogen-bond donors (Lipinski definition) is 1. The summed E-state index contributed by atoms with van der Waals surface area (Å²) >= 11 is 0. The van der Waals surface area contributed by atoms with Gasteiger partial charge in [-0.2, -0.15) is 0 Å². The van der Waals surface area contributed by atoms with Crippen molar-refractivity contribution in [3.8, 4) is 11.5 Å². The first-order valence-electron chi connectivity index (χ1n) is 9.02. The minimum absolute atomic E-state index is 0.218. The Morgan fingerprint density at radius 3 is 2.17 bits per heavy atom. The maximum Gasteiger partial charge on any atom is 0.345 e. The summed E-state index contributed by atoms with van der Waals surface area (Å²) in [4.78, 5) is 34.9. The largest absolute Gasteiger partial charge is 0.457 e. The Hall–Kier alpha value is -4.20. The summed E-state index contributed by atoms with van der Waals surface area (Å²) in [5, 5.41) is 13.7. The van der Waals surface area contributed by atoms with Crippen LogP contribution in [-0.2, 0) is 9.53 Å². The van der Waals surface area contributed by atoms with Crippen molar-refractivity contribution in [1.82, 2.24) is 0 Å². The second-order valence-corrected chi connectivity index (χ2v) is 6.25. The fourth-order valence-electron chi connectivity index (χ4n) is 2.56. The molecule has 0 saturated heterocycles. The fourth-order valence-corrected chi connectivity index (χ4v) is 2.56. The summed E-state index contributed by atoms with van der Waals surface area (Å²) < 4.78 is 10.8. The van der Waals surface area contributed by atoms with Crippen LogP contribution in [0.4, 0.5) is 11.4 Å². The van der Waals surface area contributed by atoms with E-state index in [9.17, 15) is 19.7 Å². The SMILES string of the molecule is CC(OC(=O)c1ccccc1[N+](=O)[O-])C(=O)Nc1ccc(Oc2ccccc2)cc1. The smallest absolute Gasteiger partial charge is 0.345 e. The number of nitrogens with zero attached hydrogens (tertiary/aromatic N) is 1. The Kier molecular flexibility index (Phi) is 6.39. The average molecular weight is 406 g/mol. The van der Waals surface area contributed by atoms with Gasteiger partial charge in [0.2, 0.25) is 0 Å². The summed E-state index contributed by atoms with van der Waals surface area (Å²) in [6, 6.07) is 21.3. The zero-order valence-electron chi connectivity index (χ0n) is 16.0. The van der Waals surface area contributed by atoms with Crippen LogP contribution in [0.25, 0.3) is 0 Å². The first kappa shape index (κ1) is 20.5. The van der Waals surface area contributed by atoms with Crippen LogP contribution in [-0.4, -0.2) is 22.9 Å². The molecule has 0 fully saturated rings. The third-order valence-corrected chi connectivity index (χ3v) is 4.07. The van der Waals surface area contributed by atoms with Crippen molar-refractivity contribution in [3.63, 3.8) is 0 Å². The maximum absolute atomic E-state index is 12.3. The summed E-state index contributed by atoms with van der Waals surface area (Å²) in [7, 11) is 0. The van der Waals surface area contributed by atoms with Gasteiger partial charge in [0.05, 0.1) is 4.92 Å². The van der Waals surface area contributed by atoms with Crippen LogP contribution in [0.3, 0.4) is 0 Å². The lowest BCUT2D eigenvalue weighted by Crippen LogP contribution is -2.30. The molecule has 3 aromatic rings. The number of nitro benzene ring substituents is 1. The van der Waals surface area contributed by atoms with Crippen LogP contribution >= 0.6 is 0 Å². The fraction of sp³-hybridized carbons (Fsp3) is 0.0909.